The van der Waals surface area contributed by atoms with Gasteiger partial charge in [-0.2, -0.15) is 0 Å². The van der Waals surface area contributed by atoms with Crippen LogP contribution in [0.25, 0.3) is 0 Å². The first-order valence-electron chi connectivity index (χ1n) is 7.04. The molecule has 21 heavy (non-hydrogen) atoms. The maximum atomic E-state index is 11.8. The van der Waals surface area contributed by atoms with E-state index in [1.165, 1.54) is 19.5 Å². The van der Waals surface area contributed by atoms with Crippen LogP contribution in [-0.2, 0) is 28.4 Å². The minimum Gasteiger partial charge on any atom is -1.00 e. The van der Waals surface area contributed by atoms with Crippen molar-refractivity contribution in [2.75, 3.05) is 6.61 Å². The van der Waals surface area contributed by atoms with E-state index in [-0.39, 0.29) is 53.5 Å². The van der Waals surface area contributed by atoms with Crippen molar-refractivity contribution in [1.82, 2.24) is 0 Å². The number of halogens is 2. The van der Waals surface area contributed by atoms with Gasteiger partial charge in [-0.15, -0.1) is 0 Å². The van der Waals surface area contributed by atoms with Gasteiger partial charge >= 0.3 is 130 Å². The number of carbonyl (C=O) groups excluding carboxylic acids is 1. The monoisotopic (exact) mass is 414 g/mol. The van der Waals surface area contributed by atoms with Crippen LogP contribution in [0.1, 0.15) is 0 Å². The third-order valence-corrected chi connectivity index (χ3v) is 16.2. The fourth-order valence-electron chi connectivity index (χ4n) is 2.16. The zero-order chi connectivity index (χ0) is 14.3. The molecule has 1 fully saturated rings. The van der Waals surface area contributed by atoms with Gasteiger partial charge < -0.3 is 24.8 Å². The fraction of sp³-hybridized carbons (Fsp3) is 0.615. The molecule has 0 radical (unpaired) electrons. The summed E-state index contributed by atoms with van der Waals surface area (Å²) in [6.07, 6.45) is 1.93. The van der Waals surface area contributed by atoms with Gasteiger partial charge in [0.2, 0.25) is 0 Å². The zero-order valence-corrected chi connectivity index (χ0v) is 20.0. The first kappa shape index (κ1) is 22.1. The predicted octanol–water partition coefficient (Wildman–Crippen LogP) is -3.55. The standard InChI is InChI=1S/C8H21OSi2.C5H3OSi.2ClH.Ti/c1-10(2,3)8-7-9-11(4,5)6;6-3-1-4-5(2-3)7-4;;;/h1,7-8H2,2-6H3;1H,7H2;2*1H;/q;;;;+2/p-2. The van der Waals surface area contributed by atoms with Gasteiger partial charge in [-0.05, 0) is 0 Å². The second kappa shape index (κ2) is 8.24. The van der Waals surface area contributed by atoms with Crippen molar-refractivity contribution in [2.24, 2.45) is 0 Å². The van der Waals surface area contributed by atoms with E-state index >= 15 is 0 Å². The zero-order valence-electron chi connectivity index (χ0n) is 13.5. The number of fused-ring (bicyclic) bond motifs is 1. The molecule has 2 nitrogen and oxygen atoms in total. The van der Waals surface area contributed by atoms with Gasteiger partial charge in [0, 0.05) is 0 Å². The third-order valence-electron chi connectivity index (χ3n) is 3.54. The Balaban J connectivity index is 0.00000200. The second-order valence-corrected chi connectivity index (χ2v) is 21.8. The Morgan fingerprint density at radius 3 is 2.29 bits per heavy atom. The Morgan fingerprint density at radius 1 is 1.19 bits per heavy atom. The largest absolute Gasteiger partial charge is 1.00 e. The van der Waals surface area contributed by atoms with Gasteiger partial charge in [0.1, 0.15) is 0 Å². The van der Waals surface area contributed by atoms with Gasteiger partial charge in [-0.1, -0.05) is 0 Å². The van der Waals surface area contributed by atoms with E-state index < -0.39 is 16.4 Å². The van der Waals surface area contributed by atoms with E-state index in [1.54, 1.807) is 5.20 Å². The first-order valence-corrected chi connectivity index (χ1v) is 17.2. The average molecular weight is 415 g/mol. The van der Waals surface area contributed by atoms with Crippen molar-refractivity contribution < 1.29 is 53.2 Å². The fourth-order valence-corrected chi connectivity index (χ4v) is 11.8. The Kier molecular flexibility index (Phi) is 8.66. The molecule has 0 saturated carbocycles. The number of ketones is 1. The molecule has 118 valence electrons. The Hall–Kier alpha value is 1.05. The molecule has 1 aliphatic carbocycles. The van der Waals surface area contributed by atoms with Gasteiger partial charge in [0.15, 0.2) is 0 Å². The van der Waals surface area contributed by atoms with E-state index in [4.69, 9.17) is 4.43 Å². The van der Waals surface area contributed by atoms with E-state index in [0.717, 1.165) is 6.61 Å². The molecule has 0 aromatic carbocycles. The van der Waals surface area contributed by atoms with Crippen LogP contribution >= 0.6 is 0 Å². The summed E-state index contributed by atoms with van der Waals surface area (Å²) in [7, 11) is -2.55. The molecule has 1 aliphatic heterocycles. The maximum absolute atomic E-state index is 11.8. The van der Waals surface area contributed by atoms with Crippen LogP contribution < -0.4 is 24.8 Å². The van der Waals surface area contributed by atoms with Crippen LogP contribution in [0, 0.1) is 0 Å². The predicted molar refractivity (Wildman–Crippen MR) is 85.1 cm³/mol. The molecule has 1 heterocycles. The molecule has 0 spiro atoms. The minimum atomic E-state index is -1.35. The molecular weight excluding hydrogens is 391 g/mol. The quantitative estimate of drug-likeness (QED) is 0.403. The third kappa shape index (κ3) is 7.00. The van der Waals surface area contributed by atoms with E-state index in [0.29, 0.717) is 5.78 Å². The van der Waals surface area contributed by atoms with Crippen LogP contribution in [0.4, 0.5) is 0 Å². The summed E-state index contributed by atoms with van der Waals surface area (Å²) in [6.45, 7) is 12.6. The molecule has 2 aliphatic rings. The molecule has 0 atom stereocenters. The molecule has 0 aromatic rings. The molecule has 0 amide bonds. The number of hydrogen-bond acceptors (Lipinski definition) is 2. The van der Waals surface area contributed by atoms with E-state index in [1.807, 2.05) is 6.08 Å². The number of allylic oxidation sites excluding steroid dienone is 4. The maximum Gasteiger partial charge on any atom is -1.00 e. The van der Waals surface area contributed by atoms with Crippen LogP contribution in [-0.4, -0.2) is 38.3 Å². The Bertz CT molecular complexity index is 471. The van der Waals surface area contributed by atoms with Gasteiger partial charge in [-0.25, -0.2) is 0 Å². The topological polar surface area (TPSA) is 26.3 Å². The van der Waals surface area contributed by atoms with E-state index in [2.05, 4.69) is 32.7 Å². The number of hydrogen-bond donors (Lipinski definition) is 0. The van der Waals surface area contributed by atoms with Crippen LogP contribution in [0.5, 0.6) is 0 Å². The van der Waals surface area contributed by atoms with Crippen molar-refractivity contribution in [1.29, 1.82) is 0 Å². The van der Waals surface area contributed by atoms with E-state index in [9.17, 15) is 4.79 Å². The first-order chi connectivity index (χ1) is 8.68. The molecule has 0 unspecified atom stereocenters. The normalized spacial score (nSPS) is 17.8. The van der Waals surface area contributed by atoms with Crippen LogP contribution in [0.3, 0.4) is 0 Å². The molecule has 8 heteroatoms. The molecular formula is C13H24Cl2O2Si3Ti. The number of rotatable bonds is 7. The second-order valence-electron chi connectivity index (χ2n) is 7.29. The summed E-state index contributed by atoms with van der Waals surface area (Å²) in [5.41, 5.74) is 0. The van der Waals surface area contributed by atoms with Gasteiger partial charge in [0.25, 0.3) is 0 Å². The summed E-state index contributed by atoms with van der Waals surface area (Å²) in [4.78, 5) is 11.8. The summed E-state index contributed by atoms with van der Waals surface area (Å²) >= 11 is -0.168. The summed E-state index contributed by atoms with van der Waals surface area (Å²) in [6, 6.07) is 1.26. The van der Waals surface area contributed by atoms with Crippen LogP contribution in [0.2, 0.25) is 43.1 Å². The molecule has 0 aromatic heterocycles. The smallest absolute Gasteiger partial charge is 1.00 e. The molecule has 0 N–H and O–H groups in total. The minimum absolute atomic E-state index is 0. The van der Waals surface area contributed by atoms with Crippen molar-refractivity contribution >= 4 is 31.7 Å². The molecule has 1 saturated heterocycles. The van der Waals surface area contributed by atoms with Gasteiger partial charge in [0.05, 0.1) is 0 Å². The summed E-state index contributed by atoms with van der Waals surface area (Å²) in [5.74, 6) is 0.381. The van der Waals surface area contributed by atoms with Crippen molar-refractivity contribution in [3.05, 3.63) is 20.3 Å². The Morgan fingerprint density at radius 2 is 1.81 bits per heavy atom. The number of carbonyl (C=O) groups is 1. The summed E-state index contributed by atoms with van der Waals surface area (Å²) < 4.78 is 8.67. The van der Waals surface area contributed by atoms with Crippen molar-refractivity contribution in [3.8, 4) is 0 Å². The Labute approximate surface area is 154 Å². The van der Waals surface area contributed by atoms with Crippen LogP contribution in [0.15, 0.2) is 20.3 Å². The summed E-state index contributed by atoms with van der Waals surface area (Å²) in [5, 5.41) is 3.04. The van der Waals surface area contributed by atoms with Crippen molar-refractivity contribution in [2.45, 2.75) is 43.1 Å². The molecule has 2 rings (SSSR count). The van der Waals surface area contributed by atoms with Crippen molar-refractivity contribution in [3.63, 3.8) is 0 Å². The average Bonchev–Trinajstić information content (AvgIpc) is 2.88. The SMILES string of the molecule is C[Si](C)(CCO[Si](C)(C)C)[CH2][Ti+2][C]1=C2[SiH2]C2=CC1=O.[Cl-].[Cl-]. The molecule has 0 bridgehead atoms. The van der Waals surface area contributed by atoms with Gasteiger partial charge in [-0.3, -0.25) is 0 Å².